The summed E-state index contributed by atoms with van der Waals surface area (Å²) in [4.78, 5) is 12.1. The molecule has 0 aromatic heterocycles. The van der Waals surface area contributed by atoms with Crippen molar-refractivity contribution in [2.75, 3.05) is 27.9 Å². The van der Waals surface area contributed by atoms with Crippen molar-refractivity contribution < 1.29 is 27.4 Å². The monoisotopic (exact) mass is 379 g/mol. The Bertz CT molecular complexity index is 862. The van der Waals surface area contributed by atoms with Gasteiger partial charge in [0.25, 0.3) is 0 Å². The first-order valence-electron chi connectivity index (χ1n) is 7.83. The van der Waals surface area contributed by atoms with Crippen molar-refractivity contribution in [3.8, 4) is 11.5 Å². The van der Waals surface area contributed by atoms with Gasteiger partial charge in [-0.1, -0.05) is 12.1 Å². The van der Waals surface area contributed by atoms with Crippen LogP contribution in [0, 0.1) is 0 Å². The van der Waals surface area contributed by atoms with Gasteiger partial charge in [-0.25, -0.2) is 17.9 Å². The molecule has 2 aromatic carbocycles. The highest BCUT2D eigenvalue weighted by Crippen LogP contribution is 2.25. The number of hydrogen-bond acceptors (Lipinski definition) is 6. The first-order chi connectivity index (χ1) is 12.4. The van der Waals surface area contributed by atoms with Gasteiger partial charge in [-0.15, -0.1) is 0 Å². The lowest BCUT2D eigenvalue weighted by molar-refractivity contribution is 0.0509. The van der Waals surface area contributed by atoms with E-state index in [1.165, 1.54) is 32.4 Å². The van der Waals surface area contributed by atoms with Crippen LogP contribution in [0.2, 0.25) is 0 Å². The van der Waals surface area contributed by atoms with Crippen LogP contribution < -0.4 is 14.2 Å². The lowest BCUT2D eigenvalue weighted by Crippen LogP contribution is -2.20. The second-order valence-electron chi connectivity index (χ2n) is 5.31. The highest BCUT2D eigenvalue weighted by atomic mass is 32.2. The van der Waals surface area contributed by atoms with E-state index in [-0.39, 0.29) is 22.8 Å². The molecule has 0 spiro atoms. The standard InChI is InChI=1S/C18H21NO6S/c1-19-26(21,22)17-12-14(6-9-16(17)24-3)18(20)25-11-10-13-4-7-15(23-2)8-5-13/h4-9,12,19H,10-11H2,1-3H3. The van der Waals surface area contributed by atoms with Crippen molar-refractivity contribution in [1.82, 2.24) is 4.72 Å². The van der Waals surface area contributed by atoms with Crippen molar-refractivity contribution in [2.24, 2.45) is 0 Å². The molecule has 0 radical (unpaired) electrons. The number of nitrogens with one attached hydrogen (secondary N) is 1. The Labute approximate surface area is 152 Å². The number of carbonyl (C=O) groups excluding carboxylic acids is 1. The molecule has 0 heterocycles. The first kappa shape index (κ1) is 19.7. The lowest BCUT2D eigenvalue weighted by Gasteiger charge is -2.11. The Morgan fingerprint density at radius 2 is 1.73 bits per heavy atom. The van der Waals surface area contributed by atoms with E-state index in [9.17, 15) is 13.2 Å². The molecule has 0 bridgehead atoms. The van der Waals surface area contributed by atoms with Gasteiger partial charge in [0, 0.05) is 6.42 Å². The minimum Gasteiger partial charge on any atom is -0.497 e. The third-order valence-corrected chi connectivity index (χ3v) is 5.18. The van der Waals surface area contributed by atoms with Crippen LogP contribution in [0.3, 0.4) is 0 Å². The van der Waals surface area contributed by atoms with E-state index in [0.29, 0.717) is 6.42 Å². The topological polar surface area (TPSA) is 90.9 Å². The molecule has 0 aliphatic carbocycles. The number of sulfonamides is 1. The molecule has 0 unspecified atom stereocenters. The van der Waals surface area contributed by atoms with Gasteiger partial charge in [-0.2, -0.15) is 0 Å². The maximum Gasteiger partial charge on any atom is 0.338 e. The van der Waals surface area contributed by atoms with Gasteiger partial charge in [-0.3, -0.25) is 0 Å². The Morgan fingerprint density at radius 3 is 2.31 bits per heavy atom. The molecule has 2 aromatic rings. The largest absolute Gasteiger partial charge is 0.497 e. The van der Waals surface area contributed by atoms with Crippen molar-refractivity contribution >= 4 is 16.0 Å². The summed E-state index contributed by atoms with van der Waals surface area (Å²) in [6.07, 6.45) is 0.535. The maximum atomic E-state index is 12.2. The van der Waals surface area contributed by atoms with E-state index >= 15 is 0 Å². The summed E-state index contributed by atoms with van der Waals surface area (Å²) in [6, 6.07) is 11.5. The molecule has 0 aliphatic rings. The van der Waals surface area contributed by atoms with Gasteiger partial charge in [0.15, 0.2) is 0 Å². The summed E-state index contributed by atoms with van der Waals surface area (Å²) < 4.78 is 41.7. The molecule has 0 fully saturated rings. The highest BCUT2D eigenvalue weighted by molar-refractivity contribution is 7.89. The van der Waals surface area contributed by atoms with Crippen LogP contribution in [0.15, 0.2) is 47.4 Å². The molecule has 0 aliphatic heterocycles. The fourth-order valence-corrected chi connectivity index (χ4v) is 3.18. The number of ether oxygens (including phenoxy) is 3. The minimum atomic E-state index is -3.76. The zero-order valence-corrected chi connectivity index (χ0v) is 15.6. The van der Waals surface area contributed by atoms with Crippen molar-refractivity contribution in [3.63, 3.8) is 0 Å². The Morgan fingerprint density at radius 1 is 1.04 bits per heavy atom. The van der Waals surface area contributed by atoms with Crippen molar-refractivity contribution in [1.29, 1.82) is 0 Å². The summed E-state index contributed by atoms with van der Waals surface area (Å²) >= 11 is 0. The quantitative estimate of drug-likeness (QED) is 0.706. The van der Waals surface area contributed by atoms with Gasteiger partial charge in [0.2, 0.25) is 10.0 Å². The molecule has 1 N–H and O–H groups in total. The summed E-state index contributed by atoms with van der Waals surface area (Å²) in [5, 5.41) is 0. The fourth-order valence-electron chi connectivity index (χ4n) is 2.26. The average molecular weight is 379 g/mol. The Hall–Kier alpha value is -2.58. The number of hydrogen-bond donors (Lipinski definition) is 1. The Balaban J connectivity index is 2.06. The zero-order chi connectivity index (χ0) is 19.2. The van der Waals surface area contributed by atoms with Crippen LogP contribution >= 0.6 is 0 Å². The number of methoxy groups -OCH3 is 2. The first-order valence-corrected chi connectivity index (χ1v) is 9.31. The SMILES string of the molecule is CNS(=O)(=O)c1cc(C(=O)OCCc2ccc(OC)cc2)ccc1OC. The zero-order valence-electron chi connectivity index (χ0n) is 14.8. The van der Waals surface area contributed by atoms with E-state index in [1.807, 2.05) is 24.3 Å². The molecule has 0 saturated carbocycles. The van der Waals surface area contributed by atoms with Crippen LogP contribution in [-0.2, 0) is 21.2 Å². The molecule has 140 valence electrons. The molecule has 0 amide bonds. The van der Waals surface area contributed by atoms with E-state index in [2.05, 4.69) is 4.72 Å². The molecule has 7 nitrogen and oxygen atoms in total. The molecule has 2 rings (SSSR count). The smallest absolute Gasteiger partial charge is 0.338 e. The van der Waals surface area contributed by atoms with Gasteiger partial charge in [0.1, 0.15) is 16.4 Å². The van der Waals surface area contributed by atoms with Crippen LogP contribution in [0.25, 0.3) is 0 Å². The maximum absolute atomic E-state index is 12.2. The number of carbonyl (C=O) groups is 1. The third-order valence-electron chi connectivity index (χ3n) is 3.74. The number of esters is 1. The van der Waals surface area contributed by atoms with Crippen LogP contribution in [-0.4, -0.2) is 42.3 Å². The van der Waals surface area contributed by atoms with E-state index in [0.717, 1.165) is 11.3 Å². The highest BCUT2D eigenvalue weighted by Gasteiger charge is 2.20. The third kappa shape index (κ3) is 4.74. The van der Waals surface area contributed by atoms with E-state index in [4.69, 9.17) is 14.2 Å². The predicted octanol–water partition coefficient (Wildman–Crippen LogP) is 2.01. The van der Waals surface area contributed by atoms with E-state index in [1.54, 1.807) is 7.11 Å². The molecule has 8 heteroatoms. The molecule has 0 saturated heterocycles. The normalized spacial score (nSPS) is 11.0. The number of benzene rings is 2. The summed E-state index contributed by atoms with van der Waals surface area (Å²) in [5.41, 5.74) is 1.13. The predicted molar refractivity (Wildman–Crippen MR) is 96.2 cm³/mol. The second kappa shape index (κ2) is 8.68. The Kier molecular flexibility index (Phi) is 6.59. The summed E-state index contributed by atoms with van der Waals surface area (Å²) in [6.45, 7) is 0.172. The summed E-state index contributed by atoms with van der Waals surface area (Å²) in [5.74, 6) is 0.296. The number of rotatable bonds is 8. The van der Waals surface area contributed by atoms with Crippen LogP contribution in [0.4, 0.5) is 0 Å². The molecular weight excluding hydrogens is 358 g/mol. The minimum absolute atomic E-state index is 0.118. The van der Waals surface area contributed by atoms with Crippen LogP contribution in [0.1, 0.15) is 15.9 Å². The van der Waals surface area contributed by atoms with Gasteiger partial charge >= 0.3 is 5.97 Å². The van der Waals surface area contributed by atoms with Crippen LogP contribution in [0.5, 0.6) is 11.5 Å². The lowest BCUT2D eigenvalue weighted by atomic mass is 10.1. The average Bonchev–Trinajstić information content (AvgIpc) is 2.67. The van der Waals surface area contributed by atoms with Gasteiger partial charge in [-0.05, 0) is 42.9 Å². The summed E-state index contributed by atoms with van der Waals surface area (Å²) in [7, 11) is 0.474. The van der Waals surface area contributed by atoms with Gasteiger partial charge < -0.3 is 14.2 Å². The molecule has 26 heavy (non-hydrogen) atoms. The molecular formula is C18H21NO6S. The fraction of sp³-hybridized carbons (Fsp3) is 0.278. The van der Waals surface area contributed by atoms with E-state index < -0.39 is 16.0 Å². The second-order valence-corrected chi connectivity index (χ2v) is 7.16. The van der Waals surface area contributed by atoms with Crippen molar-refractivity contribution in [3.05, 3.63) is 53.6 Å². The molecule has 0 atom stereocenters. The van der Waals surface area contributed by atoms with Crippen molar-refractivity contribution in [2.45, 2.75) is 11.3 Å². The van der Waals surface area contributed by atoms with Gasteiger partial charge in [0.05, 0.1) is 26.4 Å².